The summed E-state index contributed by atoms with van der Waals surface area (Å²) in [6, 6.07) is 16.5. The van der Waals surface area contributed by atoms with Crippen molar-refractivity contribution in [2.75, 3.05) is 27.2 Å². The van der Waals surface area contributed by atoms with Crippen LogP contribution < -0.4 is 10.6 Å². The molecule has 2 aliphatic rings. The number of likely N-dealkylation sites (tertiary alicyclic amines) is 2. The maximum atomic E-state index is 13.3. The third-order valence-electron chi connectivity index (χ3n) is 10.1. The first-order valence-electron chi connectivity index (χ1n) is 17.5. The van der Waals surface area contributed by atoms with Crippen LogP contribution in [0.2, 0.25) is 0 Å². The van der Waals surface area contributed by atoms with Gasteiger partial charge in [0.1, 0.15) is 11.6 Å². The minimum Gasteiger partial charge on any atom is -0.346 e. The topological polar surface area (TPSA) is 122 Å². The van der Waals surface area contributed by atoms with E-state index in [0.717, 1.165) is 84.1 Å². The van der Waals surface area contributed by atoms with Gasteiger partial charge >= 0.3 is 0 Å². The van der Waals surface area contributed by atoms with Gasteiger partial charge in [-0.15, -0.1) is 0 Å². The molecule has 4 atom stereocenters. The fourth-order valence-electron chi connectivity index (χ4n) is 7.45. The van der Waals surface area contributed by atoms with Crippen LogP contribution >= 0.6 is 0 Å². The Hall–Kier alpha value is -4.28. The fourth-order valence-corrected chi connectivity index (χ4v) is 7.45. The average molecular weight is 651 g/mol. The van der Waals surface area contributed by atoms with E-state index in [-0.39, 0.29) is 47.8 Å². The summed E-state index contributed by atoms with van der Waals surface area (Å²) in [5, 5.41) is 6.39. The Morgan fingerprint density at radius 2 is 1.21 bits per heavy atom. The lowest BCUT2D eigenvalue weighted by molar-refractivity contribution is -0.136. The molecular weight excluding hydrogens is 600 g/mol. The van der Waals surface area contributed by atoms with Crippen molar-refractivity contribution in [2.45, 2.75) is 77.5 Å². The average Bonchev–Trinajstić information content (AvgIpc) is 3.91. The van der Waals surface area contributed by atoms with Crippen molar-refractivity contribution >= 4 is 11.8 Å². The SMILES string of the molecule is CN[C@H](C(=O)N1CCC[C@H]1c1nc(-c2ccc(-c3ccc(-c4cnc([C@@H]5CCCN5C(=O)[C@@H](NC)C(C)C)[nH]4)cc3)cc2)c[nH]1)C(C)C. The second kappa shape index (κ2) is 14.5. The molecule has 0 unspecified atom stereocenters. The van der Waals surface area contributed by atoms with E-state index in [4.69, 9.17) is 9.97 Å². The van der Waals surface area contributed by atoms with Gasteiger partial charge in [-0.1, -0.05) is 76.2 Å². The van der Waals surface area contributed by atoms with E-state index in [9.17, 15) is 9.59 Å². The molecule has 0 radical (unpaired) electrons. The molecule has 0 aliphatic carbocycles. The van der Waals surface area contributed by atoms with Crippen molar-refractivity contribution in [3.05, 3.63) is 72.6 Å². The molecule has 4 aromatic rings. The van der Waals surface area contributed by atoms with Gasteiger partial charge in [0.05, 0.1) is 41.8 Å². The smallest absolute Gasteiger partial charge is 0.240 e. The van der Waals surface area contributed by atoms with Crippen LogP contribution in [0, 0.1) is 11.8 Å². The highest BCUT2D eigenvalue weighted by atomic mass is 16.2. The summed E-state index contributed by atoms with van der Waals surface area (Å²) in [4.78, 5) is 47.1. The Balaban J connectivity index is 1.12. The maximum Gasteiger partial charge on any atom is 0.240 e. The molecule has 254 valence electrons. The van der Waals surface area contributed by atoms with Crippen LogP contribution in [-0.2, 0) is 9.59 Å². The Labute approximate surface area is 284 Å². The van der Waals surface area contributed by atoms with Gasteiger partial charge in [0.25, 0.3) is 0 Å². The van der Waals surface area contributed by atoms with E-state index in [1.807, 2.05) is 36.3 Å². The molecule has 2 fully saturated rings. The summed E-state index contributed by atoms with van der Waals surface area (Å²) in [6.45, 7) is 9.82. The molecule has 2 amide bonds. The number of nitrogens with one attached hydrogen (secondary N) is 4. The number of H-pyrrole nitrogens is 2. The third kappa shape index (κ3) is 6.69. The predicted molar refractivity (Wildman–Crippen MR) is 190 cm³/mol. The van der Waals surface area contributed by atoms with Crippen LogP contribution in [0.4, 0.5) is 0 Å². The molecule has 2 aromatic carbocycles. The second-order valence-corrected chi connectivity index (χ2v) is 13.9. The number of amides is 2. The highest BCUT2D eigenvalue weighted by molar-refractivity contribution is 5.83. The van der Waals surface area contributed by atoms with E-state index in [0.29, 0.717) is 0 Å². The fraction of sp³-hybridized carbons (Fsp3) is 0.474. The Morgan fingerprint density at radius 1 is 0.729 bits per heavy atom. The molecule has 4 heterocycles. The maximum absolute atomic E-state index is 13.3. The van der Waals surface area contributed by atoms with Gasteiger partial charge in [0.15, 0.2) is 0 Å². The van der Waals surface area contributed by atoms with Crippen LogP contribution in [0.15, 0.2) is 60.9 Å². The number of likely N-dealkylation sites (N-methyl/N-ethyl adjacent to an activating group) is 2. The number of rotatable bonds is 11. The van der Waals surface area contributed by atoms with E-state index < -0.39 is 0 Å². The number of hydrogen-bond acceptors (Lipinski definition) is 6. The molecular formula is C38H50N8O2. The van der Waals surface area contributed by atoms with Crippen molar-refractivity contribution < 1.29 is 9.59 Å². The van der Waals surface area contributed by atoms with Crippen molar-refractivity contribution in [3.63, 3.8) is 0 Å². The van der Waals surface area contributed by atoms with Crippen molar-refractivity contribution in [1.82, 2.24) is 40.4 Å². The van der Waals surface area contributed by atoms with Gasteiger partial charge in [-0.3, -0.25) is 9.59 Å². The molecule has 0 bridgehead atoms. The standard InChI is InChI=1S/C38H50N8O2/c1-23(2)33(39-5)37(47)45-19-7-9-31(45)35-41-21-29(43-35)27-15-11-25(12-16-27)26-13-17-28(18-14-26)30-22-42-36(44-30)32-10-8-20-46(32)38(48)34(40-6)24(3)4/h11-18,21-24,31-34,39-40H,7-10,19-20H2,1-6H3,(H,41,43)(H,42,44)/t31-,32-,33-,34-/m0/s1. The van der Waals surface area contributed by atoms with Crippen molar-refractivity contribution in [3.8, 4) is 33.6 Å². The molecule has 2 aromatic heterocycles. The Bertz CT molecular complexity index is 1560. The zero-order valence-corrected chi connectivity index (χ0v) is 29.1. The number of hydrogen-bond donors (Lipinski definition) is 4. The molecule has 0 spiro atoms. The molecule has 2 saturated heterocycles. The van der Waals surface area contributed by atoms with E-state index in [1.165, 1.54) is 0 Å². The number of carbonyl (C=O) groups is 2. The zero-order valence-electron chi connectivity index (χ0n) is 29.1. The first-order valence-corrected chi connectivity index (χ1v) is 17.5. The van der Waals surface area contributed by atoms with E-state index >= 15 is 0 Å². The van der Waals surface area contributed by atoms with Gasteiger partial charge in [0.2, 0.25) is 11.8 Å². The highest BCUT2D eigenvalue weighted by Gasteiger charge is 2.37. The summed E-state index contributed by atoms with van der Waals surface area (Å²) in [7, 11) is 3.71. The number of aromatic nitrogens is 4. The first-order chi connectivity index (χ1) is 23.2. The Kier molecular flexibility index (Phi) is 10.1. The lowest BCUT2D eigenvalue weighted by atomic mass is 10.0. The van der Waals surface area contributed by atoms with Crippen molar-refractivity contribution in [2.24, 2.45) is 11.8 Å². The minimum atomic E-state index is -0.195. The van der Waals surface area contributed by atoms with Crippen LogP contribution in [-0.4, -0.2) is 80.8 Å². The van der Waals surface area contributed by atoms with Crippen LogP contribution in [0.5, 0.6) is 0 Å². The zero-order chi connectivity index (χ0) is 33.9. The predicted octanol–water partition coefficient (Wildman–Crippen LogP) is 5.95. The van der Waals surface area contributed by atoms with Gasteiger partial charge < -0.3 is 30.4 Å². The van der Waals surface area contributed by atoms with Gasteiger partial charge in [0, 0.05) is 24.8 Å². The summed E-state index contributed by atoms with van der Waals surface area (Å²) in [5.74, 6) is 2.43. The molecule has 10 heteroatoms. The monoisotopic (exact) mass is 650 g/mol. The number of imidazole rings is 2. The van der Waals surface area contributed by atoms with Crippen LogP contribution in [0.25, 0.3) is 33.6 Å². The molecule has 48 heavy (non-hydrogen) atoms. The number of nitrogens with zero attached hydrogens (tertiary/aromatic N) is 4. The number of aromatic amines is 2. The van der Waals surface area contributed by atoms with Gasteiger partial charge in [-0.05, 0) is 68.3 Å². The molecule has 2 aliphatic heterocycles. The normalized spacial score (nSPS) is 19.4. The molecule has 6 rings (SSSR count). The van der Waals surface area contributed by atoms with Crippen LogP contribution in [0.3, 0.4) is 0 Å². The van der Waals surface area contributed by atoms with Crippen molar-refractivity contribution in [1.29, 1.82) is 0 Å². The van der Waals surface area contributed by atoms with E-state index in [2.05, 4.69) is 96.8 Å². The minimum absolute atomic E-state index is 0.0280. The summed E-state index contributed by atoms with van der Waals surface area (Å²) in [6.07, 6.45) is 7.60. The lowest BCUT2D eigenvalue weighted by Crippen LogP contribution is -2.47. The van der Waals surface area contributed by atoms with E-state index in [1.54, 1.807) is 0 Å². The van der Waals surface area contributed by atoms with Crippen LogP contribution in [0.1, 0.15) is 77.1 Å². The molecule has 4 N–H and O–H groups in total. The lowest BCUT2D eigenvalue weighted by Gasteiger charge is -2.29. The summed E-state index contributed by atoms with van der Waals surface area (Å²) >= 11 is 0. The number of benzene rings is 2. The molecule has 10 nitrogen and oxygen atoms in total. The summed E-state index contributed by atoms with van der Waals surface area (Å²) in [5.41, 5.74) is 6.15. The molecule has 0 saturated carbocycles. The number of carbonyl (C=O) groups excluding carboxylic acids is 2. The van der Waals surface area contributed by atoms with Gasteiger partial charge in [-0.2, -0.15) is 0 Å². The van der Waals surface area contributed by atoms with Gasteiger partial charge in [-0.25, -0.2) is 9.97 Å². The Morgan fingerprint density at radius 3 is 1.71 bits per heavy atom. The quantitative estimate of drug-likeness (QED) is 0.159. The second-order valence-electron chi connectivity index (χ2n) is 13.9. The largest absolute Gasteiger partial charge is 0.346 e. The summed E-state index contributed by atoms with van der Waals surface area (Å²) < 4.78 is 0. The third-order valence-corrected chi connectivity index (χ3v) is 10.1. The first kappa shape index (κ1) is 33.6. The highest BCUT2D eigenvalue weighted by Crippen LogP contribution is 2.35.